The Bertz CT molecular complexity index is 906. The molecule has 0 unspecified atom stereocenters. The van der Waals surface area contributed by atoms with Gasteiger partial charge in [-0.25, -0.2) is 9.18 Å². The molecule has 1 aliphatic carbocycles. The van der Waals surface area contributed by atoms with E-state index in [4.69, 9.17) is 16.3 Å². The van der Waals surface area contributed by atoms with Gasteiger partial charge in [-0.05, 0) is 33.0 Å². The van der Waals surface area contributed by atoms with E-state index in [2.05, 4.69) is 0 Å². The summed E-state index contributed by atoms with van der Waals surface area (Å²) in [6, 6.07) is 1.07. The number of halogens is 2. The van der Waals surface area contributed by atoms with Gasteiger partial charge in [0.05, 0.1) is 10.9 Å². The van der Waals surface area contributed by atoms with Crippen LogP contribution in [0.4, 0.5) is 4.39 Å². The van der Waals surface area contributed by atoms with Gasteiger partial charge in [-0.3, -0.25) is 4.79 Å². The van der Waals surface area contributed by atoms with E-state index in [1.807, 2.05) is 19.0 Å². The van der Waals surface area contributed by atoms with Crippen LogP contribution in [0, 0.1) is 5.82 Å². The average Bonchev–Trinajstić information content (AvgIpc) is 3.35. The summed E-state index contributed by atoms with van der Waals surface area (Å²) in [5.41, 5.74) is -0.823. The van der Waals surface area contributed by atoms with Gasteiger partial charge in [0.2, 0.25) is 5.43 Å². The van der Waals surface area contributed by atoms with Crippen molar-refractivity contribution < 1.29 is 19.0 Å². The summed E-state index contributed by atoms with van der Waals surface area (Å²) in [5, 5.41) is 9.19. The molecule has 1 fully saturated rings. The van der Waals surface area contributed by atoms with Gasteiger partial charge in [-0.2, -0.15) is 0 Å². The molecular formula is C17H18ClFN2O4. The van der Waals surface area contributed by atoms with Crippen LogP contribution in [0.1, 0.15) is 29.2 Å². The Labute approximate surface area is 148 Å². The van der Waals surface area contributed by atoms with Crippen molar-refractivity contribution in [2.75, 3.05) is 27.2 Å². The highest BCUT2D eigenvalue weighted by molar-refractivity contribution is 6.36. The minimum Gasteiger partial charge on any atom is -0.488 e. The van der Waals surface area contributed by atoms with Gasteiger partial charge in [0.25, 0.3) is 0 Å². The number of carboxylic acid groups (broad SMARTS) is 1. The number of benzene rings is 1. The summed E-state index contributed by atoms with van der Waals surface area (Å²) < 4.78 is 21.6. The second kappa shape index (κ2) is 6.65. The van der Waals surface area contributed by atoms with Crippen LogP contribution in [0.3, 0.4) is 0 Å². The van der Waals surface area contributed by atoms with E-state index in [0.717, 1.165) is 18.9 Å². The van der Waals surface area contributed by atoms with Gasteiger partial charge < -0.3 is 19.3 Å². The molecule has 2 aromatic rings. The third kappa shape index (κ3) is 3.34. The number of aromatic carboxylic acids is 1. The highest BCUT2D eigenvalue weighted by Crippen LogP contribution is 2.41. The lowest BCUT2D eigenvalue weighted by molar-refractivity contribution is 0.0695. The minimum absolute atomic E-state index is 0.00491. The molecule has 0 saturated heterocycles. The second-order valence-electron chi connectivity index (χ2n) is 6.36. The van der Waals surface area contributed by atoms with Gasteiger partial charge in [0.1, 0.15) is 17.2 Å². The number of likely N-dealkylation sites (N-methyl/N-ethyl adjacent to an activating group) is 1. The third-order valence-corrected chi connectivity index (χ3v) is 4.47. The maximum atomic E-state index is 14.4. The first-order valence-corrected chi connectivity index (χ1v) is 8.26. The first-order chi connectivity index (χ1) is 11.8. The molecule has 0 radical (unpaired) electrons. The van der Waals surface area contributed by atoms with Crippen molar-refractivity contribution in [2.45, 2.75) is 18.9 Å². The molecule has 0 amide bonds. The number of hydrogen-bond acceptors (Lipinski definition) is 4. The van der Waals surface area contributed by atoms with Crippen LogP contribution in [0.15, 0.2) is 17.1 Å². The topological polar surface area (TPSA) is 71.8 Å². The Hall–Kier alpha value is -2.12. The molecule has 0 bridgehead atoms. The smallest absolute Gasteiger partial charge is 0.341 e. The molecule has 8 heteroatoms. The van der Waals surface area contributed by atoms with Crippen LogP contribution in [0.25, 0.3) is 10.9 Å². The molecule has 3 rings (SSSR count). The Morgan fingerprint density at radius 3 is 2.72 bits per heavy atom. The molecule has 0 atom stereocenters. The number of fused-ring (bicyclic) bond motifs is 1. The van der Waals surface area contributed by atoms with Gasteiger partial charge in [-0.1, -0.05) is 11.6 Å². The van der Waals surface area contributed by atoms with Crippen LogP contribution in [-0.2, 0) is 0 Å². The van der Waals surface area contributed by atoms with E-state index >= 15 is 0 Å². The molecule has 1 N–H and O–H groups in total. The molecule has 1 heterocycles. The zero-order valence-corrected chi connectivity index (χ0v) is 14.6. The van der Waals surface area contributed by atoms with Gasteiger partial charge in [0, 0.05) is 18.8 Å². The summed E-state index contributed by atoms with van der Waals surface area (Å²) in [7, 11) is 3.72. The second-order valence-corrected chi connectivity index (χ2v) is 6.74. The van der Waals surface area contributed by atoms with E-state index in [1.165, 1.54) is 6.20 Å². The minimum atomic E-state index is -1.34. The standard InChI is InChI=1S/C17H18ClFN2O4/c1-20(2)5-6-25-16-12(19)7-10-14(13(16)18)21(9-3-4-9)8-11(15(10)22)17(23)24/h7-9H,3-6H2,1-2H3,(H,23,24). The Kier molecular flexibility index (Phi) is 4.71. The van der Waals surface area contributed by atoms with Crippen molar-refractivity contribution in [1.29, 1.82) is 0 Å². The number of nitrogens with zero attached hydrogens (tertiary/aromatic N) is 2. The molecule has 1 aromatic heterocycles. The lowest BCUT2D eigenvalue weighted by Gasteiger charge is -2.17. The number of carbonyl (C=O) groups is 1. The molecule has 0 aliphatic heterocycles. The molecule has 134 valence electrons. The van der Waals surface area contributed by atoms with Crippen LogP contribution in [-0.4, -0.2) is 47.8 Å². The van der Waals surface area contributed by atoms with Crippen LogP contribution >= 0.6 is 11.6 Å². The Morgan fingerprint density at radius 2 is 2.16 bits per heavy atom. The fraction of sp³-hybridized carbons (Fsp3) is 0.412. The fourth-order valence-electron chi connectivity index (χ4n) is 2.68. The summed E-state index contributed by atoms with van der Waals surface area (Å²) in [6.45, 7) is 0.803. The number of hydrogen-bond donors (Lipinski definition) is 1. The van der Waals surface area contributed by atoms with Crippen molar-refractivity contribution >= 4 is 28.5 Å². The van der Waals surface area contributed by atoms with E-state index in [1.54, 1.807) is 4.57 Å². The first-order valence-electron chi connectivity index (χ1n) is 7.89. The molecule has 1 saturated carbocycles. The highest BCUT2D eigenvalue weighted by Gasteiger charge is 2.29. The molecule has 1 aliphatic rings. The molecule has 1 aromatic carbocycles. The quantitative estimate of drug-likeness (QED) is 0.848. The van der Waals surface area contributed by atoms with E-state index < -0.39 is 22.8 Å². The Balaban J connectivity index is 2.20. The van der Waals surface area contributed by atoms with E-state index in [9.17, 15) is 19.1 Å². The largest absolute Gasteiger partial charge is 0.488 e. The lowest BCUT2D eigenvalue weighted by atomic mass is 10.1. The van der Waals surface area contributed by atoms with Gasteiger partial charge in [0.15, 0.2) is 11.6 Å². The van der Waals surface area contributed by atoms with Crippen molar-refractivity contribution in [1.82, 2.24) is 9.47 Å². The summed E-state index contributed by atoms with van der Waals surface area (Å²) in [6.07, 6.45) is 2.99. The van der Waals surface area contributed by atoms with Gasteiger partial charge >= 0.3 is 5.97 Å². The Morgan fingerprint density at radius 1 is 1.48 bits per heavy atom. The van der Waals surface area contributed by atoms with Crippen molar-refractivity contribution in [3.8, 4) is 5.75 Å². The average molecular weight is 369 g/mol. The zero-order valence-electron chi connectivity index (χ0n) is 13.9. The normalized spacial score (nSPS) is 14.3. The van der Waals surface area contributed by atoms with E-state index in [0.29, 0.717) is 12.1 Å². The number of rotatable bonds is 6. The monoisotopic (exact) mass is 368 g/mol. The highest BCUT2D eigenvalue weighted by atomic mass is 35.5. The van der Waals surface area contributed by atoms with Gasteiger partial charge in [-0.15, -0.1) is 0 Å². The van der Waals surface area contributed by atoms with Crippen molar-refractivity contribution in [3.05, 3.63) is 38.9 Å². The summed E-state index contributed by atoms with van der Waals surface area (Å²) >= 11 is 6.36. The van der Waals surface area contributed by atoms with Crippen molar-refractivity contribution in [2.24, 2.45) is 0 Å². The van der Waals surface area contributed by atoms with Crippen LogP contribution in [0.2, 0.25) is 5.02 Å². The fourth-order valence-corrected chi connectivity index (χ4v) is 3.02. The molecule has 0 spiro atoms. The molecule has 25 heavy (non-hydrogen) atoms. The van der Waals surface area contributed by atoms with Crippen LogP contribution in [0.5, 0.6) is 5.75 Å². The maximum absolute atomic E-state index is 14.4. The number of ether oxygens (including phenoxy) is 1. The number of pyridine rings is 1. The third-order valence-electron chi connectivity index (χ3n) is 4.12. The predicted molar refractivity (Wildman–Crippen MR) is 92.5 cm³/mol. The summed E-state index contributed by atoms with van der Waals surface area (Å²) in [5.74, 6) is -2.24. The molecular weight excluding hydrogens is 351 g/mol. The van der Waals surface area contributed by atoms with Crippen molar-refractivity contribution in [3.63, 3.8) is 0 Å². The summed E-state index contributed by atoms with van der Waals surface area (Å²) in [4.78, 5) is 25.6. The first kappa shape index (κ1) is 17.7. The maximum Gasteiger partial charge on any atom is 0.341 e. The number of aromatic nitrogens is 1. The van der Waals surface area contributed by atoms with E-state index in [-0.39, 0.29) is 28.8 Å². The molecule has 6 nitrogen and oxygen atoms in total. The zero-order chi connectivity index (χ0) is 18.3. The van der Waals surface area contributed by atoms with Crippen LogP contribution < -0.4 is 10.2 Å². The SMILES string of the molecule is CN(C)CCOc1c(F)cc2c(=O)c(C(=O)O)cn(C3CC3)c2c1Cl. The number of carboxylic acids is 1. The lowest BCUT2D eigenvalue weighted by Crippen LogP contribution is -2.21. The predicted octanol–water partition coefficient (Wildman–Crippen LogP) is 2.77.